The number of amides is 1. The first-order chi connectivity index (χ1) is 16.2. The first-order valence-electron chi connectivity index (χ1n) is 11.0. The number of anilines is 1. The Morgan fingerprint density at radius 3 is 2.21 bits per heavy atom. The molecule has 0 aromatic heterocycles. The zero-order chi connectivity index (χ0) is 24.7. The van der Waals surface area contributed by atoms with Gasteiger partial charge in [-0.1, -0.05) is 43.3 Å². The summed E-state index contributed by atoms with van der Waals surface area (Å²) in [5, 5.41) is 2.96. The highest BCUT2D eigenvalue weighted by atomic mass is 32.2. The molecule has 0 fully saturated rings. The van der Waals surface area contributed by atoms with Gasteiger partial charge in [0.05, 0.1) is 23.7 Å². The minimum absolute atomic E-state index is 0.0135. The SMILES string of the molecule is CCc1ccc(C(CNC(=O)c2ccc(S(=O)(=O)Nc3ccccc3OC)cc2)N(C)C)cc1. The van der Waals surface area contributed by atoms with Crippen molar-refractivity contribution in [3.05, 3.63) is 89.5 Å². The number of likely N-dealkylation sites (N-methyl/N-ethyl adjacent to an activating group) is 1. The summed E-state index contributed by atoms with van der Waals surface area (Å²) >= 11 is 0. The lowest BCUT2D eigenvalue weighted by molar-refractivity contribution is 0.0942. The van der Waals surface area contributed by atoms with Crippen LogP contribution in [0.3, 0.4) is 0 Å². The van der Waals surface area contributed by atoms with Gasteiger partial charge in [0.25, 0.3) is 15.9 Å². The number of hydrogen-bond donors (Lipinski definition) is 2. The van der Waals surface area contributed by atoms with Gasteiger partial charge in [-0.2, -0.15) is 0 Å². The molecule has 1 unspecified atom stereocenters. The normalized spacial score (nSPS) is 12.3. The highest BCUT2D eigenvalue weighted by molar-refractivity contribution is 7.92. The largest absolute Gasteiger partial charge is 0.495 e. The maximum absolute atomic E-state index is 12.8. The summed E-state index contributed by atoms with van der Waals surface area (Å²) in [7, 11) is 1.58. The monoisotopic (exact) mass is 481 g/mol. The molecule has 2 N–H and O–H groups in total. The molecule has 0 aliphatic heterocycles. The average molecular weight is 482 g/mol. The number of aryl methyl sites for hydroxylation is 1. The Kier molecular flexibility index (Phi) is 8.31. The van der Waals surface area contributed by atoms with Crippen molar-refractivity contribution >= 4 is 21.6 Å². The van der Waals surface area contributed by atoms with Crippen LogP contribution in [0.2, 0.25) is 0 Å². The maximum Gasteiger partial charge on any atom is 0.262 e. The van der Waals surface area contributed by atoms with Crippen molar-refractivity contribution in [3.8, 4) is 5.75 Å². The third-order valence-electron chi connectivity index (χ3n) is 5.63. The number of nitrogens with zero attached hydrogens (tertiary/aromatic N) is 1. The van der Waals surface area contributed by atoms with Gasteiger partial charge in [-0.25, -0.2) is 8.42 Å². The summed E-state index contributed by atoms with van der Waals surface area (Å²) in [6.45, 7) is 2.54. The predicted molar refractivity (Wildman–Crippen MR) is 135 cm³/mol. The molecule has 1 atom stereocenters. The Balaban J connectivity index is 1.68. The fourth-order valence-electron chi connectivity index (χ4n) is 3.58. The fraction of sp³-hybridized carbons (Fsp3) is 0.269. The molecule has 0 saturated heterocycles. The first kappa shape index (κ1) is 25.3. The summed E-state index contributed by atoms with van der Waals surface area (Å²) in [5.41, 5.74) is 3.11. The number of carbonyl (C=O) groups excluding carboxylic acids is 1. The molecule has 0 saturated carbocycles. The Morgan fingerprint density at radius 2 is 1.62 bits per heavy atom. The minimum Gasteiger partial charge on any atom is -0.495 e. The van der Waals surface area contributed by atoms with Crippen LogP contribution in [-0.4, -0.2) is 47.0 Å². The summed E-state index contributed by atoms with van der Waals surface area (Å²) in [6, 6.07) is 21.0. The van der Waals surface area contributed by atoms with Crippen LogP contribution in [0.1, 0.15) is 34.5 Å². The Labute approximate surface area is 201 Å². The Hall–Kier alpha value is -3.36. The number of benzene rings is 3. The van der Waals surface area contributed by atoms with Crippen LogP contribution in [-0.2, 0) is 16.4 Å². The number of nitrogens with one attached hydrogen (secondary N) is 2. The lowest BCUT2D eigenvalue weighted by Crippen LogP contribution is -2.34. The van der Waals surface area contributed by atoms with Crippen LogP contribution >= 0.6 is 0 Å². The molecule has 3 aromatic rings. The van der Waals surface area contributed by atoms with Crippen molar-refractivity contribution in [3.63, 3.8) is 0 Å². The van der Waals surface area contributed by atoms with Crippen molar-refractivity contribution < 1.29 is 17.9 Å². The van der Waals surface area contributed by atoms with Gasteiger partial charge in [-0.05, 0) is 68.0 Å². The predicted octanol–water partition coefficient (Wildman–Crippen LogP) is 4.09. The summed E-state index contributed by atoms with van der Waals surface area (Å²) in [4.78, 5) is 14.8. The Morgan fingerprint density at radius 1 is 0.971 bits per heavy atom. The molecule has 7 nitrogen and oxygen atoms in total. The molecule has 0 heterocycles. The van der Waals surface area contributed by atoms with E-state index in [-0.39, 0.29) is 16.8 Å². The third kappa shape index (κ3) is 6.15. The fourth-order valence-corrected chi connectivity index (χ4v) is 4.65. The van der Waals surface area contributed by atoms with E-state index in [0.29, 0.717) is 23.5 Å². The van der Waals surface area contributed by atoms with Crippen LogP contribution in [0.15, 0.2) is 77.7 Å². The van der Waals surface area contributed by atoms with Crippen LogP contribution in [0.5, 0.6) is 5.75 Å². The second kappa shape index (κ2) is 11.2. The summed E-state index contributed by atoms with van der Waals surface area (Å²) in [6.07, 6.45) is 0.976. The highest BCUT2D eigenvalue weighted by Gasteiger charge is 2.19. The average Bonchev–Trinajstić information content (AvgIpc) is 2.84. The van der Waals surface area contributed by atoms with E-state index in [1.54, 1.807) is 24.3 Å². The van der Waals surface area contributed by atoms with E-state index in [1.807, 2.05) is 14.1 Å². The van der Waals surface area contributed by atoms with Gasteiger partial charge >= 0.3 is 0 Å². The van der Waals surface area contributed by atoms with Gasteiger partial charge in [-0.3, -0.25) is 9.52 Å². The van der Waals surface area contributed by atoms with Crippen LogP contribution < -0.4 is 14.8 Å². The lowest BCUT2D eigenvalue weighted by atomic mass is 10.0. The lowest BCUT2D eigenvalue weighted by Gasteiger charge is -2.25. The van der Waals surface area contributed by atoms with Crippen molar-refractivity contribution in [1.29, 1.82) is 0 Å². The van der Waals surface area contributed by atoms with Crippen molar-refractivity contribution in [2.45, 2.75) is 24.3 Å². The number of carbonyl (C=O) groups is 1. The van der Waals surface area contributed by atoms with Crippen LogP contribution in [0, 0.1) is 0 Å². The molecular weight excluding hydrogens is 450 g/mol. The Bertz CT molecular complexity index is 1210. The number of rotatable bonds is 10. The molecule has 8 heteroatoms. The molecule has 34 heavy (non-hydrogen) atoms. The zero-order valence-electron chi connectivity index (χ0n) is 19.9. The van der Waals surface area contributed by atoms with Crippen LogP contribution in [0.25, 0.3) is 0 Å². The zero-order valence-corrected chi connectivity index (χ0v) is 20.7. The molecule has 1 amide bonds. The van der Waals surface area contributed by atoms with E-state index in [0.717, 1.165) is 12.0 Å². The van der Waals surface area contributed by atoms with E-state index in [9.17, 15) is 13.2 Å². The van der Waals surface area contributed by atoms with Crippen LogP contribution in [0.4, 0.5) is 5.69 Å². The molecule has 0 bridgehead atoms. The number of ether oxygens (including phenoxy) is 1. The first-order valence-corrected chi connectivity index (χ1v) is 12.5. The van der Waals surface area contributed by atoms with E-state index in [2.05, 4.69) is 46.1 Å². The van der Waals surface area contributed by atoms with E-state index >= 15 is 0 Å². The van der Waals surface area contributed by atoms with Crippen molar-refractivity contribution in [1.82, 2.24) is 10.2 Å². The molecule has 0 spiro atoms. The van der Waals surface area contributed by atoms with Gasteiger partial charge in [0.1, 0.15) is 5.75 Å². The highest BCUT2D eigenvalue weighted by Crippen LogP contribution is 2.26. The van der Waals surface area contributed by atoms with E-state index in [4.69, 9.17) is 4.74 Å². The molecule has 0 aliphatic carbocycles. The van der Waals surface area contributed by atoms with E-state index < -0.39 is 10.0 Å². The molecule has 180 valence electrons. The van der Waals surface area contributed by atoms with Crippen molar-refractivity contribution in [2.75, 3.05) is 32.5 Å². The maximum atomic E-state index is 12.8. The smallest absolute Gasteiger partial charge is 0.262 e. The quantitative estimate of drug-likeness (QED) is 0.455. The number of para-hydroxylation sites is 2. The molecule has 3 aromatic carbocycles. The third-order valence-corrected chi connectivity index (χ3v) is 7.01. The number of hydrogen-bond acceptors (Lipinski definition) is 5. The van der Waals surface area contributed by atoms with Gasteiger partial charge in [-0.15, -0.1) is 0 Å². The second-order valence-electron chi connectivity index (χ2n) is 8.11. The number of methoxy groups -OCH3 is 1. The molecule has 3 rings (SSSR count). The summed E-state index contributed by atoms with van der Waals surface area (Å²) in [5.74, 6) is 0.153. The van der Waals surface area contributed by atoms with E-state index in [1.165, 1.54) is 36.9 Å². The van der Waals surface area contributed by atoms with Crippen molar-refractivity contribution in [2.24, 2.45) is 0 Å². The second-order valence-corrected chi connectivity index (χ2v) is 9.80. The summed E-state index contributed by atoms with van der Waals surface area (Å²) < 4.78 is 33.3. The van der Waals surface area contributed by atoms with Gasteiger partial charge in [0.15, 0.2) is 0 Å². The standard InChI is InChI=1S/C26H31N3O4S/c1-5-19-10-12-20(13-11-19)24(29(2)3)18-27-26(30)21-14-16-22(17-15-21)34(31,32)28-23-8-6-7-9-25(23)33-4/h6-17,24,28H,5,18H2,1-4H3,(H,27,30). The van der Waals surface area contributed by atoms with Gasteiger partial charge in [0.2, 0.25) is 0 Å². The topological polar surface area (TPSA) is 87.7 Å². The van der Waals surface area contributed by atoms with Gasteiger partial charge in [0, 0.05) is 12.1 Å². The molecular formula is C26H31N3O4S. The molecule has 0 radical (unpaired) electrons. The van der Waals surface area contributed by atoms with Gasteiger partial charge < -0.3 is 15.0 Å². The molecule has 0 aliphatic rings. The minimum atomic E-state index is -3.84. The number of sulfonamides is 1.